The van der Waals surface area contributed by atoms with Gasteiger partial charge in [0.05, 0.1) is 23.1 Å². The van der Waals surface area contributed by atoms with E-state index >= 15 is 0 Å². The summed E-state index contributed by atoms with van der Waals surface area (Å²) in [5.74, 6) is -0.647. The summed E-state index contributed by atoms with van der Waals surface area (Å²) in [5, 5.41) is 4.56. The van der Waals surface area contributed by atoms with Crippen LogP contribution >= 0.6 is 0 Å². The Morgan fingerprint density at radius 2 is 1.94 bits per heavy atom. The first-order chi connectivity index (χ1) is 17.0. The van der Waals surface area contributed by atoms with E-state index in [1.165, 1.54) is 0 Å². The summed E-state index contributed by atoms with van der Waals surface area (Å²) in [7, 11) is 0. The average Bonchev–Trinajstić information content (AvgIpc) is 3.65. The summed E-state index contributed by atoms with van der Waals surface area (Å²) in [6, 6.07) is 4.48. The summed E-state index contributed by atoms with van der Waals surface area (Å²) in [6.45, 7) is 7.51. The molecule has 0 atom stereocenters. The third-order valence-corrected chi connectivity index (χ3v) is 6.77. The largest absolute Gasteiger partial charge is 0.397 e. The summed E-state index contributed by atoms with van der Waals surface area (Å²) >= 11 is 0. The van der Waals surface area contributed by atoms with Gasteiger partial charge < -0.3 is 20.9 Å². The predicted molar refractivity (Wildman–Crippen MR) is 134 cm³/mol. The van der Waals surface area contributed by atoms with Crippen molar-refractivity contribution in [3.8, 4) is 0 Å². The van der Waals surface area contributed by atoms with Gasteiger partial charge in [-0.2, -0.15) is 0 Å². The zero-order valence-electron chi connectivity index (χ0n) is 19.1. The van der Waals surface area contributed by atoms with E-state index in [1.807, 2.05) is 6.20 Å². The summed E-state index contributed by atoms with van der Waals surface area (Å²) in [6.07, 6.45) is 7.39. The molecular weight excluding hydrogens is 448 g/mol. The number of aliphatic imine (C=N–C) groups is 1. The van der Waals surface area contributed by atoms with Crippen molar-refractivity contribution in [2.75, 3.05) is 31.9 Å². The molecule has 7 nitrogen and oxygen atoms in total. The second-order valence-corrected chi connectivity index (χ2v) is 9.08. The molecule has 4 N–H and O–H groups in total. The molecule has 1 aliphatic carbocycles. The predicted octanol–water partition coefficient (Wildman–Crippen LogP) is 4.17. The van der Waals surface area contributed by atoms with Gasteiger partial charge in [-0.25, -0.2) is 18.8 Å². The average molecular weight is 474 g/mol. The van der Waals surface area contributed by atoms with Crippen LogP contribution in [0.3, 0.4) is 0 Å². The number of nitrogens with one attached hydrogen (secondary N) is 2. The van der Waals surface area contributed by atoms with Gasteiger partial charge in [-0.15, -0.1) is 0 Å². The Morgan fingerprint density at radius 1 is 1.14 bits per heavy atom. The Bertz CT molecular complexity index is 1500. The van der Waals surface area contributed by atoms with Crippen molar-refractivity contribution in [3.63, 3.8) is 0 Å². The van der Waals surface area contributed by atoms with Gasteiger partial charge in [-0.3, -0.25) is 4.98 Å². The number of aromatic nitrogens is 3. The van der Waals surface area contributed by atoms with Crippen LogP contribution in [0.5, 0.6) is 0 Å². The standard InChI is InChI=1S/C26H25F2N7/c1-14(16-6-7-32-25-21(16)17-4-5-19(27)23(28)24(17)34-25)33-26(35-10-8-30-9-11-35)22-18(15-2-3-15)12-31-13-20(22)29/h4-7,12-13,15,30H,1-3,8-11,29H2,(H,32,34)/b33-26+. The number of rotatable bonds is 4. The highest BCUT2D eigenvalue weighted by molar-refractivity contribution is 6.12. The topological polar surface area (TPSA) is 95.2 Å². The maximum Gasteiger partial charge on any atom is 0.182 e. The number of amidine groups is 1. The molecule has 0 unspecified atom stereocenters. The monoisotopic (exact) mass is 473 g/mol. The highest BCUT2D eigenvalue weighted by Crippen LogP contribution is 2.43. The third kappa shape index (κ3) is 3.72. The normalized spacial score (nSPS) is 16.9. The van der Waals surface area contributed by atoms with Crippen LogP contribution in [0.25, 0.3) is 27.6 Å². The van der Waals surface area contributed by atoms with Crippen LogP contribution in [0.1, 0.15) is 35.4 Å². The number of pyridine rings is 2. The first-order valence-electron chi connectivity index (χ1n) is 11.7. The van der Waals surface area contributed by atoms with E-state index in [4.69, 9.17) is 10.7 Å². The fourth-order valence-electron chi connectivity index (χ4n) is 4.87. The minimum absolute atomic E-state index is 0.0773. The molecule has 9 heteroatoms. The van der Waals surface area contributed by atoms with Crippen molar-refractivity contribution in [1.29, 1.82) is 0 Å². The van der Waals surface area contributed by atoms with E-state index in [-0.39, 0.29) is 5.52 Å². The van der Waals surface area contributed by atoms with Crippen LogP contribution in [0, 0.1) is 11.6 Å². The van der Waals surface area contributed by atoms with Crippen LogP contribution in [0.4, 0.5) is 14.5 Å². The highest BCUT2D eigenvalue weighted by Gasteiger charge is 2.31. The number of fused-ring (bicyclic) bond motifs is 3. The highest BCUT2D eigenvalue weighted by atomic mass is 19.2. The Hall–Kier alpha value is -3.85. The van der Waals surface area contributed by atoms with Crippen LogP contribution in [0.2, 0.25) is 0 Å². The van der Waals surface area contributed by atoms with Crippen molar-refractivity contribution in [1.82, 2.24) is 25.2 Å². The van der Waals surface area contributed by atoms with E-state index in [0.717, 1.165) is 62.0 Å². The van der Waals surface area contributed by atoms with Gasteiger partial charge in [-0.1, -0.05) is 6.58 Å². The molecule has 0 amide bonds. The summed E-state index contributed by atoms with van der Waals surface area (Å²) in [5.41, 5.74) is 10.8. The number of nitrogen functional groups attached to an aromatic ring is 1. The quantitative estimate of drug-likeness (QED) is 0.305. The Kier molecular flexibility index (Phi) is 5.21. The second-order valence-electron chi connectivity index (χ2n) is 9.08. The van der Waals surface area contributed by atoms with Crippen LogP contribution in [0.15, 0.2) is 48.4 Å². The van der Waals surface area contributed by atoms with Gasteiger partial charge in [0.1, 0.15) is 11.5 Å². The van der Waals surface area contributed by atoms with E-state index in [0.29, 0.717) is 39.3 Å². The number of piperazine rings is 1. The number of anilines is 1. The number of nitrogens with two attached hydrogens (primary N) is 1. The molecule has 1 aliphatic heterocycles. The number of aromatic amines is 1. The molecule has 35 heavy (non-hydrogen) atoms. The fourth-order valence-corrected chi connectivity index (χ4v) is 4.87. The third-order valence-electron chi connectivity index (χ3n) is 6.77. The molecule has 0 bridgehead atoms. The zero-order chi connectivity index (χ0) is 24.1. The molecule has 6 rings (SSSR count). The molecule has 1 saturated carbocycles. The summed E-state index contributed by atoms with van der Waals surface area (Å²) < 4.78 is 28.4. The summed E-state index contributed by atoms with van der Waals surface area (Å²) in [4.78, 5) is 18.9. The number of hydrogen-bond donors (Lipinski definition) is 3. The Labute approximate surface area is 200 Å². The molecule has 2 aliphatic rings. The zero-order valence-corrected chi connectivity index (χ0v) is 19.1. The molecular formula is C26H25F2N7. The number of nitrogens with zero attached hydrogens (tertiary/aromatic N) is 4. The molecule has 0 spiro atoms. The van der Waals surface area contributed by atoms with Crippen LogP contribution in [-0.2, 0) is 0 Å². The molecule has 4 aromatic rings. The van der Waals surface area contributed by atoms with E-state index in [2.05, 4.69) is 31.7 Å². The van der Waals surface area contributed by atoms with E-state index < -0.39 is 11.6 Å². The molecule has 3 aromatic heterocycles. The van der Waals surface area contributed by atoms with Gasteiger partial charge in [0.25, 0.3) is 0 Å². The molecule has 2 fully saturated rings. The van der Waals surface area contributed by atoms with Crippen molar-refractivity contribution >= 4 is 39.2 Å². The van der Waals surface area contributed by atoms with Crippen molar-refractivity contribution in [3.05, 3.63) is 71.7 Å². The molecule has 0 radical (unpaired) electrons. The molecule has 4 heterocycles. The number of H-pyrrole nitrogens is 1. The molecule has 178 valence electrons. The maximum atomic E-state index is 14.5. The van der Waals surface area contributed by atoms with Gasteiger partial charge in [-0.05, 0) is 42.5 Å². The van der Waals surface area contributed by atoms with E-state index in [1.54, 1.807) is 24.5 Å². The molecule has 1 aromatic carbocycles. The Balaban J connectivity index is 1.53. The lowest BCUT2D eigenvalue weighted by molar-refractivity contribution is 0.358. The lowest BCUT2D eigenvalue weighted by atomic mass is 10.0. The Morgan fingerprint density at radius 3 is 2.71 bits per heavy atom. The minimum Gasteiger partial charge on any atom is -0.397 e. The SMILES string of the molecule is C=C(/N=C(\c1c(N)cncc1C1CC1)N1CCNCC1)c1ccnc2[nH]c3c(F)c(F)ccc3c12. The van der Waals surface area contributed by atoms with Crippen LogP contribution in [-0.4, -0.2) is 51.9 Å². The number of halogens is 2. The van der Waals surface area contributed by atoms with Crippen molar-refractivity contribution < 1.29 is 8.78 Å². The second kappa shape index (κ2) is 8.42. The lowest BCUT2D eigenvalue weighted by Crippen LogP contribution is -2.47. The molecule has 1 saturated heterocycles. The van der Waals surface area contributed by atoms with Crippen molar-refractivity contribution in [2.24, 2.45) is 4.99 Å². The maximum absolute atomic E-state index is 14.5. The first-order valence-corrected chi connectivity index (χ1v) is 11.7. The number of hydrogen-bond acceptors (Lipinski definition) is 5. The first kappa shape index (κ1) is 21.7. The van der Waals surface area contributed by atoms with Gasteiger partial charge in [0.15, 0.2) is 11.6 Å². The smallest absolute Gasteiger partial charge is 0.182 e. The minimum atomic E-state index is -0.930. The number of benzene rings is 1. The van der Waals surface area contributed by atoms with E-state index in [9.17, 15) is 8.78 Å². The van der Waals surface area contributed by atoms with Gasteiger partial charge in [0.2, 0.25) is 0 Å². The lowest BCUT2D eigenvalue weighted by Gasteiger charge is -2.32. The van der Waals surface area contributed by atoms with Gasteiger partial charge >= 0.3 is 0 Å². The van der Waals surface area contributed by atoms with Crippen molar-refractivity contribution in [2.45, 2.75) is 18.8 Å². The fraction of sp³-hybridized carbons (Fsp3) is 0.269. The van der Waals surface area contributed by atoms with Crippen LogP contribution < -0.4 is 11.1 Å². The van der Waals surface area contributed by atoms with Gasteiger partial charge in [0, 0.05) is 60.5 Å².